The van der Waals surface area contributed by atoms with Gasteiger partial charge in [-0.1, -0.05) is 0 Å². The smallest absolute Gasteiger partial charge is 0.346 e. The number of likely N-dealkylation sites (N-methyl/N-ethyl adjacent to an activating group) is 1. The highest BCUT2D eigenvalue weighted by molar-refractivity contribution is 6.02. The molecule has 168 valence electrons. The van der Waals surface area contributed by atoms with E-state index in [0.29, 0.717) is 35.9 Å². The van der Waals surface area contributed by atoms with Crippen LogP contribution >= 0.6 is 0 Å². The Morgan fingerprint density at radius 2 is 1.97 bits per heavy atom. The van der Waals surface area contributed by atoms with Crippen LogP contribution in [-0.4, -0.2) is 43.7 Å². The molecule has 1 aliphatic heterocycles. The highest BCUT2D eigenvalue weighted by atomic mass is 19.4. The summed E-state index contributed by atoms with van der Waals surface area (Å²) in [6.07, 6.45) is 2.16. The summed E-state index contributed by atoms with van der Waals surface area (Å²) < 4.78 is 41.0. The number of aryl methyl sites for hydroxylation is 3. The highest BCUT2D eigenvalue weighted by Crippen LogP contribution is 2.32. The van der Waals surface area contributed by atoms with Gasteiger partial charge in [-0.3, -0.25) is 14.5 Å². The second kappa shape index (κ2) is 8.21. The lowest BCUT2D eigenvalue weighted by Gasteiger charge is -2.32. The molecule has 1 atom stereocenters. The Kier molecular flexibility index (Phi) is 5.57. The number of amides is 1. The molecule has 0 bridgehead atoms. The minimum absolute atomic E-state index is 0.00576. The van der Waals surface area contributed by atoms with Crippen molar-refractivity contribution in [1.82, 2.24) is 24.7 Å². The summed E-state index contributed by atoms with van der Waals surface area (Å²) in [7, 11) is 1.82. The molecule has 0 unspecified atom stereocenters. The van der Waals surface area contributed by atoms with Crippen molar-refractivity contribution in [1.29, 1.82) is 0 Å². The van der Waals surface area contributed by atoms with E-state index in [1.807, 2.05) is 18.9 Å². The fourth-order valence-corrected chi connectivity index (χ4v) is 3.58. The number of rotatable bonds is 5. The second-order valence-electron chi connectivity index (χ2n) is 7.78. The number of hydrogen-bond donors (Lipinski definition) is 1. The van der Waals surface area contributed by atoms with Crippen molar-refractivity contribution in [3.8, 4) is 0 Å². The minimum atomic E-state index is -4.47. The number of carbonyl (C=O) groups is 1. The summed E-state index contributed by atoms with van der Waals surface area (Å²) in [6.45, 7) is 3.62. The van der Waals surface area contributed by atoms with Gasteiger partial charge in [0.25, 0.3) is 0 Å². The van der Waals surface area contributed by atoms with Gasteiger partial charge in [-0.05, 0) is 37.5 Å². The number of carbonyl (C=O) groups excluding carboxylic acids is 1. The summed E-state index contributed by atoms with van der Waals surface area (Å²) in [5.74, 6) is 1.19. The Morgan fingerprint density at radius 1 is 1.19 bits per heavy atom. The molecule has 8 nitrogen and oxygen atoms in total. The third-order valence-corrected chi connectivity index (χ3v) is 5.53. The molecule has 0 radical (unpaired) electrons. The number of aromatic nitrogens is 5. The van der Waals surface area contributed by atoms with Gasteiger partial charge < -0.3 is 10.2 Å². The first kappa shape index (κ1) is 21.7. The molecule has 0 saturated heterocycles. The van der Waals surface area contributed by atoms with E-state index in [1.54, 1.807) is 19.3 Å². The summed E-state index contributed by atoms with van der Waals surface area (Å²) in [6, 6.07) is 1.02. The van der Waals surface area contributed by atoms with Crippen molar-refractivity contribution in [2.45, 2.75) is 45.5 Å². The maximum atomic E-state index is 13.2. The number of hydrogen-bond acceptors (Lipinski definition) is 6. The minimum Gasteiger partial charge on any atom is -0.346 e. The zero-order valence-electron chi connectivity index (χ0n) is 17.8. The van der Waals surface area contributed by atoms with E-state index in [0.717, 1.165) is 11.8 Å². The van der Waals surface area contributed by atoms with Crippen molar-refractivity contribution in [2.75, 3.05) is 17.3 Å². The van der Waals surface area contributed by atoms with Crippen LogP contribution in [0.25, 0.3) is 0 Å². The Morgan fingerprint density at radius 3 is 2.72 bits per heavy atom. The van der Waals surface area contributed by atoms with E-state index in [-0.39, 0.29) is 24.1 Å². The first-order valence-corrected chi connectivity index (χ1v) is 10.1. The standard InChI is InChI=1S/C21H22F3N7O/c1-12-18-19(30(3)13(2)20(32)29-18)28-17(27-12)5-4-14-8-26-31(10-14)11-15-6-7-25-9-16(15)21(22,23)24/h6-10,13H,4-5,11H2,1-3H3,(H,29,32)/t13-/m1/s1. The van der Waals surface area contributed by atoms with Gasteiger partial charge in [-0.2, -0.15) is 18.3 Å². The van der Waals surface area contributed by atoms with Gasteiger partial charge in [0.2, 0.25) is 5.91 Å². The molecule has 0 spiro atoms. The number of anilines is 2. The zero-order chi connectivity index (χ0) is 23.0. The molecule has 0 aliphatic carbocycles. The van der Waals surface area contributed by atoms with Crippen molar-refractivity contribution in [2.24, 2.45) is 0 Å². The van der Waals surface area contributed by atoms with Crippen molar-refractivity contribution >= 4 is 17.4 Å². The van der Waals surface area contributed by atoms with Crippen LogP contribution < -0.4 is 10.2 Å². The first-order valence-electron chi connectivity index (χ1n) is 10.1. The van der Waals surface area contributed by atoms with Gasteiger partial charge in [-0.25, -0.2) is 9.97 Å². The van der Waals surface area contributed by atoms with E-state index in [9.17, 15) is 18.0 Å². The normalized spacial score (nSPS) is 16.1. The van der Waals surface area contributed by atoms with Gasteiger partial charge in [0.05, 0.1) is 24.0 Å². The van der Waals surface area contributed by atoms with Crippen LogP contribution in [0.1, 0.15) is 35.1 Å². The Balaban J connectivity index is 1.47. The zero-order valence-corrected chi connectivity index (χ0v) is 17.8. The lowest BCUT2D eigenvalue weighted by Crippen LogP contribution is -2.45. The largest absolute Gasteiger partial charge is 0.418 e. The van der Waals surface area contributed by atoms with Crippen LogP contribution in [0.4, 0.5) is 24.7 Å². The van der Waals surface area contributed by atoms with Crippen LogP contribution in [0.2, 0.25) is 0 Å². The van der Waals surface area contributed by atoms with Crippen molar-refractivity contribution < 1.29 is 18.0 Å². The molecule has 0 aromatic carbocycles. The highest BCUT2D eigenvalue weighted by Gasteiger charge is 2.33. The third kappa shape index (κ3) is 4.27. The predicted molar refractivity (Wildman–Crippen MR) is 111 cm³/mol. The third-order valence-electron chi connectivity index (χ3n) is 5.53. The molecule has 11 heteroatoms. The number of nitrogens with one attached hydrogen (secondary N) is 1. The quantitative estimate of drug-likeness (QED) is 0.650. The molecule has 1 N–H and O–H groups in total. The molecule has 4 heterocycles. The van der Waals surface area contributed by atoms with Gasteiger partial charge in [-0.15, -0.1) is 0 Å². The molecule has 0 fully saturated rings. The molecule has 0 saturated carbocycles. The Bertz CT molecular complexity index is 1160. The van der Waals surface area contributed by atoms with E-state index >= 15 is 0 Å². The molecule has 32 heavy (non-hydrogen) atoms. The van der Waals surface area contributed by atoms with Crippen LogP contribution in [0, 0.1) is 6.92 Å². The van der Waals surface area contributed by atoms with Gasteiger partial charge in [0.1, 0.15) is 17.6 Å². The second-order valence-corrected chi connectivity index (χ2v) is 7.78. The Labute approximate surface area is 182 Å². The lowest BCUT2D eigenvalue weighted by molar-refractivity contribution is -0.138. The number of fused-ring (bicyclic) bond motifs is 1. The summed E-state index contributed by atoms with van der Waals surface area (Å²) >= 11 is 0. The summed E-state index contributed by atoms with van der Waals surface area (Å²) in [4.78, 5) is 26.5. The van der Waals surface area contributed by atoms with E-state index in [4.69, 9.17) is 0 Å². The SMILES string of the molecule is Cc1nc(CCc2cnn(Cc3ccncc3C(F)(F)F)c2)nc2c1NC(=O)[C@@H](C)N2C. The van der Waals surface area contributed by atoms with Gasteiger partial charge in [0.15, 0.2) is 5.82 Å². The number of nitrogens with zero attached hydrogens (tertiary/aromatic N) is 6. The molecule has 1 amide bonds. The lowest BCUT2D eigenvalue weighted by atomic mass is 10.1. The van der Waals surface area contributed by atoms with E-state index in [1.165, 1.54) is 16.9 Å². The van der Waals surface area contributed by atoms with Crippen LogP contribution in [0.3, 0.4) is 0 Å². The number of alkyl halides is 3. The van der Waals surface area contributed by atoms with Gasteiger partial charge >= 0.3 is 6.18 Å². The molecule has 3 aromatic heterocycles. The van der Waals surface area contributed by atoms with Gasteiger partial charge in [0, 0.05) is 32.1 Å². The first-order chi connectivity index (χ1) is 15.1. The predicted octanol–water partition coefficient (Wildman–Crippen LogP) is 3.01. The van der Waals surface area contributed by atoms with Crippen molar-refractivity contribution in [3.05, 3.63) is 59.1 Å². The number of pyridine rings is 1. The maximum absolute atomic E-state index is 13.2. The monoisotopic (exact) mass is 445 g/mol. The number of halogens is 3. The Hall–Kier alpha value is -3.50. The van der Waals surface area contributed by atoms with E-state index in [2.05, 4.69) is 25.4 Å². The molecule has 3 aromatic rings. The molecular formula is C21H22F3N7O. The van der Waals surface area contributed by atoms with E-state index < -0.39 is 11.7 Å². The average Bonchev–Trinajstić information content (AvgIpc) is 3.18. The molecule has 1 aliphatic rings. The summed E-state index contributed by atoms with van der Waals surface area (Å²) in [5, 5.41) is 7.04. The van der Waals surface area contributed by atoms with Crippen LogP contribution in [0.15, 0.2) is 30.9 Å². The van der Waals surface area contributed by atoms with Crippen LogP contribution in [0.5, 0.6) is 0 Å². The topological polar surface area (TPSA) is 88.8 Å². The van der Waals surface area contributed by atoms with Crippen molar-refractivity contribution in [3.63, 3.8) is 0 Å². The van der Waals surface area contributed by atoms with Crippen LogP contribution in [-0.2, 0) is 30.4 Å². The average molecular weight is 445 g/mol. The molecule has 4 rings (SSSR count). The maximum Gasteiger partial charge on any atom is 0.418 e. The fourth-order valence-electron chi connectivity index (χ4n) is 3.58. The fraction of sp³-hybridized carbons (Fsp3) is 0.381. The summed E-state index contributed by atoms with van der Waals surface area (Å²) in [5.41, 5.74) is 1.51. The molecular weight excluding hydrogens is 423 g/mol.